The first-order valence-corrected chi connectivity index (χ1v) is 6.87. The predicted octanol–water partition coefficient (Wildman–Crippen LogP) is 0.337. The number of benzene rings is 1. The van der Waals surface area contributed by atoms with Gasteiger partial charge in [-0.3, -0.25) is 14.4 Å². The molecule has 22 heavy (non-hydrogen) atoms. The summed E-state index contributed by atoms with van der Waals surface area (Å²) in [6.45, 7) is -0.125. The molecule has 0 bridgehead atoms. The van der Waals surface area contributed by atoms with Gasteiger partial charge in [0.2, 0.25) is 5.91 Å². The van der Waals surface area contributed by atoms with E-state index in [0.29, 0.717) is 11.4 Å². The number of likely N-dealkylation sites (N-methyl/N-ethyl adjacent to an activating group) is 1. The Morgan fingerprint density at radius 3 is 2.77 bits per heavy atom. The second-order valence-electron chi connectivity index (χ2n) is 4.86. The fourth-order valence-corrected chi connectivity index (χ4v) is 2.28. The van der Waals surface area contributed by atoms with E-state index in [2.05, 4.69) is 5.32 Å². The van der Waals surface area contributed by atoms with E-state index in [1.54, 1.807) is 24.3 Å². The van der Waals surface area contributed by atoms with Crippen LogP contribution in [0.25, 0.3) is 0 Å². The summed E-state index contributed by atoms with van der Waals surface area (Å²) in [6, 6.07) is 7.11. The van der Waals surface area contributed by atoms with Crippen molar-refractivity contribution in [2.24, 2.45) is 5.92 Å². The van der Waals surface area contributed by atoms with Crippen molar-refractivity contribution in [2.75, 3.05) is 32.2 Å². The maximum Gasteiger partial charge on any atom is 0.311 e. The molecule has 7 heteroatoms. The summed E-state index contributed by atoms with van der Waals surface area (Å²) in [4.78, 5) is 36.7. The van der Waals surface area contributed by atoms with Crippen molar-refractivity contribution in [3.05, 3.63) is 24.3 Å². The normalized spacial score (nSPS) is 17.3. The van der Waals surface area contributed by atoms with Crippen LogP contribution in [-0.4, -0.2) is 45.1 Å². The maximum absolute atomic E-state index is 12.1. The second-order valence-corrected chi connectivity index (χ2v) is 4.86. The Hall–Kier alpha value is -2.57. The number of hydrogen-bond acceptors (Lipinski definition) is 5. The van der Waals surface area contributed by atoms with Gasteiger partial charge in [0.05, 0.1) is 18.7 Å². The molecule has 1 saturated heterocycles. The first-order chi connectivity index (χ1) is 10.6. The highest BCUT2D eigenvalue weighted by Gasteiger charge is 2.37. The summed E-state index contributed by atoms with van der Waals surface area (Å²) < 4.78 is 10.1. The van der Waals surface area contributed by atoms with Gasteiger partial charge in [0.1, 0.15) is 5.75 Å². The third-order valence-electron chi connectivity index (χ3n) is 3.46. The van der Waals surface area contributed by atoms with Crippen LogP contribution in [0.3, 0.4) is 0 Å². The predicted molar refractivity (Wildman–Crippen MR) is 78.5 cm³/mol. The lowest BCUT2D eigenvalue weighted by Gasteiger charge is -2.19. The molecule has 1 N–H and O–H groups in total. The average molecular weight is 306 g/mol. The average Bonchev–Trinajstić information content (AvgIpc) is 2.93. The number of carbonyl (C=O) groups excluding carboxylic acids is 3. The van der Waals surface area contributed by atoms with Gasteiger partial charge in [-0.15, -0.1) is 0 Å². The van der Waals surface area contributed by atoms with Crippen LogP contribution in [0.1, 0.15) is 6.42 Å². The summed E-state index contributed by atoms with van der Waals surface area (Å²) in [5.74, 6) is -1.13. The molecule has 1 aliphatic heterocycles. The number of nitrogens with zero attached hydrogens (tertiary/aromatic N) is 1. The molecule has 1 atom stereocenters. The molecule has 1 aliphatic rings. The highest BCUT2D eigenvalue weighted by Crippen LogP contribution is 2.32. The number of methoxy groups -OCH3 is 1. The molecule has 0 saturated carbocycles. The van der Waals surface area contributed by atoms with Crippen molar-refractivity contribution in [2.45, 2.75) is 6.42 Å². The van der Waals surface area contributed by atoms with Gasteiger partial charge in [0, 0.05) is 20.0 Å². The summed E-state index contributed by atoms with van der Waals surface area (Å²) in [7, 11) is 2.98. The van der Waals surface area contributed by atoms with E-state index >= 15 is 0 Å². The Morgan fingerprint density at radius 1 is 1.36 bits per heavy atom. The number of rotatable bonds is 5. The monoisotopic (exact) mass is 306 g/mol. The Morgan fingerprint density at radius 2 is 2.09 bits per heavy atom. The number of ether oxygens (including phenoxy) is 2. The third-order valence-corrected chi connectivity index (χ3v) is 3.46. The highest BCUT2D eigenvalue weighted by atomic mass is 16.5. The topological polar surface area (TPSA) is 84.9 Å². The van der Waals surface area contributed by atoms with Gasteiger partial charge in [-0.25, -0.2) is 0 Å². The second kappa shape index (κ2) is 6.93. The molecule has 0 unspecified atom stereocenters. The first-order valence-electron chi connectivity index (χ1n) is 6.87. The lowest BCUT2D eigenvalue weighted by atomic mass is 10.1. The minimum Gasteiger partial charge on any atom is -0.495 e. The van der Waals surface area contributed by atoms with E-state index in [-0.39, 0.29) is 31.4 Å². The zero-order valence-electron chi connectivity index (χ0n) is 12.5. The SMILES string of the molecule is CNC(=O)COC(=O)[C@H]1CC(=O)N(c2ccccc2OC)C1. The number of nitrogens with one attached hydrogen (secondary N) is 1. The molecule has 1 heterocycles. The molecule has 1 aromatic rings. The Kier molecular flexibility index (Phi) is 4.98. The van der Waals surface area contributed by atoms with Crippen molar-refractivity contribution < 1.29 is 23.9 Å². The largest absolute Gasteiger partial charge is 0.495 e. The van der Waals surface area contributed by atoms with Gasteiger partial charge in [0.25, 0.3) is 5.91 Å². The van der Waals surface area contributed by atoms with Crippen LogP contribution in [-0.2, 0) is 19.1 Å². The van der Waals surface area contributed by atoms with E-state index in [9.17, 15) is 14.4 Å². The lowest BCUT2D eigenvalue weighted by Crippen LogP contribution is -2.29. The van der Waals surface area contributed by atoms with Crippen LogP contribution >= 0.6 is 0 Å². The summed E-state index contributed by atoms with van der Waals surface area (Å²) in [5.41, 5.74) is 0.622. The van der Waals surface area contributed by atoms with Crippen molar-refractivity contribution >= 4 is 23.5 Å². The molecule has 0 aliphatic carbocycles. The molecule has 2 amide bonds. The minimum atomic E-state index is -0.581. The van der Waals surface area contributed by atoms with Crippen LogP contribution in [0.5, 0.6) is 5.75 Å². The van der Waals surface area contributed by atoms with Gasteiger partial charge in [-0.2, -0.15) is 0 Å². The van der Waals surface area contributed by atoms with Gasteiger partial charge >= 0.3 is 5.97 Å². The number of para-hydroxylation sites is 2. The Bertz CT molecular complexity index is 587. The first kappa shape index (κ1) is 15.8. The van der Waals surface area contributed by atoms with Crippen molar-refractivity contribution in [3.8, 4) is 5.75 Å². The smallest absolute Gasteiger partial charge is 0.311 e. The highest BCUT2D eigenvalue weighted by molar-refractivity contribution is 6.00. The lowest BCUT2D eigenvalue weighted by molar-refractivity contribution is -0.152. The number of esters is 1. The molecule has 1 aromatic carbocycles. The standard InChI is InChI=1S/C15H18N2O5/c1-16-13(18)9-22-15(20)10-7-14(19)17(8-10)11-5-3-4-6-12(11)21-2/h3-6,10H,7-9H2,1-2H3,(H,16,18)/t10-/m0/s1. The number of amides is 2. The van der Waals surface area contributed by atoms with Crippen LogP contribution in [0.4, 0.5) is 5.69 Å². The molecular formula is C15H18N2O5. The molecule has 118 valence electrons. The number of hydrogen-bond donors (Lipinski definition) is 1. The van der Waals surface area contributed by atoms with Crippen LogP contribution in [0, 0.1) is 5.92 Å². The molecule has 0 radical (unpaired) electrons. The molecule has 7 nitrogen and oxygen atoms in total. The van der Waals surface area contributed by atoms with Crippen LogP contribution in [0.2, 0.25) is 0 Å². The van der Waals surface area contributed by atoms with E-state index < -0.39 is 11.9 Å². The maximum atomic E-state index is 12.1. The van der Waals surface area contributed by atoms with Gasteiger partial charge in [-0.1, -0.05) is 12.1 Å². The van der Waals surface area contributed by atoms with Gasteiger partial charge < -0.3 is 19.7 Å². The summed E-state index contributed by atoms with van der Waals surface area (Å²) in [6.07, 6.45) is 0.0601. The molecular weight excluding hydrogens is 288 g/mol. The zero-order valence-corrected chi connectivity index (χ0v) is 12.5. The van der Waals surface area contributed by atoms with E-state index in [1.807, 2.05) is 0 Å². The van der Waals surface area contributed by atoms with Gasteiger partial charge in [0.15, 0.2) is 6.61 Å². The van der Waals surface area contributed by atoms with Crippen molar-refractivity contribution in [1.29, 1.82) is 0 Å². The van der Waals surface area contributed by atoms with Gasteiger partial charge in [-0.05, 0) is 12.1 Å². The van der Waals surface area contributed by atoms with E-state index in [0.717, 1.165) is 0 Å². The summed E-state index contributed by atoms with van der Waals surface area (Å²) in [5, 5.41) is 2.36. The third kappa shape index (κ3) is 3.36. The summed E-state index contributed by atoms with van der Waals surface area (Å²) >= 11 is 0. The van der Waals surface area contributed by atoms with E-state index in [4.69, 9.17) is 9.47 Å². The minimum absolute atomic E-state index is 0.0601. The van der Waals surface area contributed by atoms with Crippen LogP contribution < -0.4 is 15.0 Å². The van der Waals surface area contributed by atoms with Crippen molar-refractivity contribution in [1.82, 2.24) is 5.32 Å². The fourth-order valence-electron chi connectivity index (χ4n) is 2.28. The molecule has 2 rings (SSSR count). The van der Waals surface area contributed by atoms with Crippen LogP contribution in [0.15, 0.2) is 24.3 Å². The number of carbonyl (C=O) groups is 3. The molecule has 1 fully saturated rings. The molecule has 0 aromatic heterocycles. The zero-order chi connectivity index (χ0) is 16.1. The van der Waals surface area contributed by atoms with E-state index in [1.165, 1.54) is 19.1 Å². The quantitative estimate of drug-likeness (QED) is 0.793. The van der Waals surface area contributed by atoms with Crippen molar-refractivity contribution in [3.63, 3.8) is 0 Å². The molecule has 0 spiro atoms. The Labute approximate surface area is 128 Å². The number of anilines is 1. The Balaban J connectivity index is 2.04. The fraction of sp³-hybridized carbons (Fsp3) is 0.400.